The van der Waals surface area contributed by atoms with Gasteiger partial charge in [-0.2, -0.15) is 12.6 Å². The third-order valence-electron chi connectivity index (χ3n) is 4.83. The Morgan fingerprint density at radius 2 is 1.90 bits per heavy atom. The van der Waals surface area contributed by atoms with Crippen molar-refractivity contribution >= 4 is 12.6 Å². The minimum atomic E-state index is -0.104. The van der Waals surface area contributed by atoms with Crippen molar-refractivity contribution < 1.29 is 0 Å². The van der Waals surface area contributed by atoms with Crippen LogP contribution in [-0.4, -0.2) is 9.55 Å². The molecule has 1 fully saturated rings. The van der Waals surface area contributed by atoms with Crippen molar-refractivity contribution in [1.29, 1.82) is 0 Å². The van der Waals surface area contributed by atoms with Crippen LogP contribution in [0.1, 0.15) is 44.1 Å². The summed E-state index contributed by atoms with van der Waals surface area (Å²) in [6, 6.07) is 10.7. The molecule has 1 aliphatic carbocycles. The summed E-state index contributed by atoms with van der Waals surface area (Å²) >= 11 is 5.17. The third kappa shape index (κ3) is 3.34. The number of thiol groups is 1. The first kappa shape index (κ1) is 14.7. The van der Waals surface area contributed by atoms with E-state index in [4.69, 9.17) is 12.6 Å². The Morgan fingerprint density at radius 3 is 2.57 bits per heavy atom. The maximum Gasteiger partial charge on any atom is 0.0957 e. The van der Waals surface area contributed by atoms with Gasteiger partial charge in [-0.1, -0.05) is 49.6 Å². The zero-order valence-electron chi connectivity index (χ0n) is 12.5. The largest absolute Gasteiger partial charge is 0.322 e. The number of nitrogens with zero attached hydrogens (tertiary/aromatic N) is 2. The first-order valence-electron chi connectivity index (χ1n) is 8.04. The highest BCUT2D eigenvalue weighted by molar-refractivity contribution is 7.81. The quantitative estimate of drug-likeness (QED) is 0.794. The van der Waals surface area contributed by atoms with Crippen molar-refractivity contribution in [2.75, 3.05) is 0 Å². The molecule has 0 radical (unpaired) electrons. The lowest BCUT2D eigenvalue weighted by molar-refractivity contribution is 0.207. The Balaban J connectivity index is 1.79. The van der Waals surface area contributed by atoms with Gasteiger partial charge >= 0.3 is 0 Å². The van der Waals surface area contributed by atoms with E-state index in [2.05, 4.69) is 46.1 Å². The first-order valence-corrected chi connectivity index (χ1v) is 8.48. The molecule has 2 nitrogen and oxygen atoms in total. The van der Waals surface area contributed by atoms with E-state index in [-0.39, 0.29) is 4.87 Å². The lowest BCUT2D eigenvalue weighted by atomic mass is 9.81. The van der Waals surface area contributed by atoms with Gasteiger partial charge < -0.3 is 4.57 Å². The summed E-state index contributed by atoms with van der Waals surface area (Å²) in [5.41, 5.74) is 1.40. The van der Waals surface area contributed by atoms with Gasteiger partial charge in [0.2, 0.25) is 0 Å². The maximum absolute atomic E-state index is 5.17. The number of hydrogen-bond donors (Lipinski definition) is 1. The molecule has 1 aromatic heterocycles. The van der Waals surface area contributed by atoms with Crippen molar-refractivity contribution in [1.82, 2.24) is 9.55 Å². The average Bonchev–Trinajstić information content (AvgIpc) is 3.09. The molecule has 21 heavy (non-hydrogen) atoms. The number of rotatable bonds is 5. The first-order chi connectivity index (χ1) is 10.3. The number of benzene rings is 1. The summed E-state index contributed by atoms with van der Waals surface area (Å²) in [5, 5.41) is 0. The van der Waals surface area contributed by atoms with Gasteiger partial charge in [-0.3, -0.25) is 0 Å². The maximum atomic E-state index is 5.17. The molecule has 1 atom stereocenters. The molecule has 1 aromatic carbocycles. The fourth-order valence-electron chi connectivity index (χ4n) is 3.57. The van der Waals surface area contributed by atoms with Gasteiger partial charge in [0.05, 0.1) is 11.2 Å². The normalized spacial score (nSPS) is 19.3. The van der Waals surface area contributed by atoms with E-state index >= 15 is 0 Å². The second kappa shape index (κ2) is 6.69. The van der Waals surface area contributed by atoms with Crippen molar-refractivity contribution in [2.24, 2.45) is 5.92 Å². The fourth-order valence-corrected chi connectivity index (χ4v) is 4.06. The molecule has 0 bridgehead atoms. The molecule has 2 aromatic rings. The molecule has 1 unspecified atom stereocenters. The standard InChI is InChI=1S/C18H24N2S/c21-18(20-14-13-19-15-20,17-9-5-2-6-10-17)12-11-16-7-3-1-4-8-16/h1,3-4,7-8,13-15,17,21H,2,5-6,9-12H2. The van der Waals surface area contributed by atoms with Gasteiger partial charge in [0.25, 0.3) is 0 Å². The van der Waals surface area contributed by atoms with E-state index in [9.17, 15) is 0 Å². The monoisotopic (exact) mass is 300 g/mol. The van der Waals surface area contributed by atoms with Crippen molar-refractivity contribution in [3.8, 4) is 0 Å². The molecule has 0 amide bonds. The highest BCUT2D eigenvalue weighted by Gasteiger charge is 2.37. The van der Waals surface area contributed by atoms with Crippen molar-refractivity contribution in [3.05, 3.63) is 54.6 Å². The molecule has 0 aliphatic heterocycles. The van der Waals surface area contributed by atoms with Crippen LogP contribution in [-0.2, 0) is 11.3 Å². The van der Waals surface area contributed by atoms with Crippen LogP contribution in [0, 0.1) is 5.92 Å². The molecule has 0 saturated heterocycles. The van der Waals surface area contributed by atoms with Crippen LogP contribution in [0.5, 0.6) is 0 Å². The Bertz CT molecular complexity index is 532. The minimum absolute atomic E-state index is 0.104. The van der Waals surface area contributed by atoms with Crippen molar-refractivity contribution in [2.45, 2.75) is 49.8 Å². The number of hydrogen-bond acceptors (Lipinski definition) is 2. The number of imidazole rings is 1. The van der Waals surface area contributed by atoms with Crippen LogP contribution in [0.2, 0.25) is 0 Å². The van der Waals surface area contributed by atoms with E-state index in [0.29, 0.717) is 5.92 Å². The van der Waals surface area contributed by atoms with E-state index in [1.807, 2.05) is 12.5 Å². The molecule has 3 rings (SSSR count). The Kier molecular flexibility index (Phi) is 4.69. The summed E-state index contributed by atoms with van der Waals surface area (Å²) in [6.45, 7) is 0. The molecule has 0 N–H and O–H groups in total. The second-order valence-corrected chi connectivity index (χ2v) is 6.94. The smallest absolute Gasteiger partial charge is 0.0957 e. The number of aromatic nitrogens is 2. The summed E-state index contributed by atoms with van der Waals surface area (Å²) < 4.78 is 2.23. The predicted molar refractivity (Wildman–Crippen MR) is 90.5 cm³/mol. The Labute approximate surface area is 133 Å². The molecular formula is C18H24N2S. The molecular weight excluding hydrogens is 276 g/mol. The van der Waals surface area contributed by atoms with Crippen LogP contribution in [0.3, 0.4) is 0 Å². The lowest BCUT2D eigenvalue weighted by Gasteiger charge is -2.40. The fraction of sp³-hybridized carbons (Fsp3) is 0.500. The molecule has 1 saturated carbocycles. The van der Waals surface area contributed by atoms with Crippen LogP contribution in [0.25, 0.3) is 0 Å². The zero-order valence-corrected chi connectivity index (χ0v) is 13.4. The Hall–Kier alpha value is -1.22. The minimum Gasteiger partial charge on any atom is -0.322 e. The van der Waals surface area contributed by atoms with Crippen LogP contribution in [0.15, 0.2) is 49.1 Å². The molecule has 112 valence electrons. The van der Waals surface area contributed by atoms with Gasteiger partial charge in [0.1, 0.15) is 0 Å². The Morgan fingerprint density at radius 1 is 1.14 bits per heavy atom. The third-order valence-corrected chi connectivity index (χ3v) is 5.65. The number of aryl methyl sites for hydroxylation is 1. The van der Waals surface area contributed by atoms with Gasteiger partial charge in [0, 0.05) is 12.4 Å². The SMILES string of the molecule is SC(CCc1ccccc1)(C1CCCCC1)n1ccnc1. The molecule has 3 heteroatoms. The highest BCUT2D eigenvalue weighted by Crippen LogP contribution is 2.43. The predicted octanol–water partition coefficient (Wildman–Crippen LogP) is 4.68. The van der Waals surface area contributed by atoms with Crippen LogP contribution in [0.4, 0.5) is 0 Å². The topological polar surface area (TPSA) is 17.8 Å². The van der Waals surface area contributed by atoms with Crippen LogP contribution >= 0.6 is 12.6 Å². The summed E-state index contributed by atoms with van der Waals surface area (Å²) in [7, 11) is 0. The van der Waals surface area contributed by atoms with E-state index < -0.39 is 0 Å². The molecule has 1 heterocycles. The average molecular weight is 300 g/mol. The summed E-state index contributed by atoms with van der Waals surface area (Å²) in [4.78, 5) is 4.15. The molecule has 0 spiro atoms. The van der Waals surface area contributed by atoms with Gasteiger partial charge in [-0.05, 0) is 37.2 Å². The van der Waals surface area contributed by atoms with Crippen LogP contribution < -0.4 is 0 Å². The van der Waals surface area contributed by atoms with Gasteiger partial charge in [-0.15, -0.1) is 0 Å². The van der Waals surface area contributed by atoms with E-state index in [1.165, 1.54) is 37.7 Å². The lowest BCUT2D eigenvalue weighted by Crippen LogP contribution is -2.37. The van der Waals surface area contributed by atoms with Crippen molar-refractivity contribution in [3.63, 3.8) is 0 Å². The van der Waals surface area contributed by atoms with Gasteiger partial charge in [0.15, 0.2) is 0 Å². The van der Waals surface area contributed by atoms with Gasteiger partial charge in [-0.25, -0.2) is 4.98 Å². The summed E-state index contributed by atoms with van der Waals surface area (Å²) in [6.07, 6.45) is 14.6. The van der Waals surface area contributed by atoms with E-state index in [1.54, 1.807) is 0 Å². The summed E-state index contributed by atoms with van der Waals surface area (Å²) in [5.74, 6) is 0.646. The molecule has 1 aliphatic rings. The second-order valence-electron chi connectivity index (χ2n) is 6.17. The zero-order chi connectivity index (χ0) is 14.5. The van der Waals surface area contributed by atoms with E-state index in [0.717, 1.165) is 12.8 Å². The highest BCUT2D eigenvalue weighted by atomic mass is 32.1.